The quantitative estimate of drug-likeness (QED) is 0.681. The Kier molecular flexibility index (Phi) is 4.38. The van der Waals surface area contributed by atoms with Crippen LogP contribution in [0.3, 0.4) is 0 Å². The summed E-state index contributed by atoms with van der Waals surface area (Å²) in [5.74, 6) is 0. The van der Waals surface area contributed by atoms with Crippen LogP contribution in [-0.2, 0) is 10.9 Å². The Bertz CT molecular complexity index is 888. The molecular weight excluding hydrogens is 375 g/mol. The molecule has 0 N–H and O–H groups in total. The fourth-order valence-corrected chi connectivity index (χ4v) is 4.61. The Labute approximate surface area is 148 Å². The number of alkyl halides is 3. The van der Waals surface area contributed by atoms with Gasteiger partial charge in [0.2, 0.25) is 5.16 Å². The predicted molar refractivity (Wildman–Crippen MR) is 85.7 cm³/mol. The lowest BCUT2D eigenvalue weighted by Crippen LogP contribution is -2.21. The fraction of sp³-hybridized carbons (Fsp3) is 0.429. The number of benzene rings is 1. The minimum absolute atomic E-state index is 0.164. The maximum Gasteiger partial charge on any atom is 0.416 e. The minimum atomic E-state index is -4.38. The molecule has 0 bridgehead atoms. The van der Waals surface area contributed by atoms with E-state index in [0.29, 0.717) is 32.9 Å². The van der Waals surface area contributed by atoms with Crippen LogP contribution >= 0.6 is 23.1 Å². The van der Waals surface area contributed by atoms with E-state index in [1.54, 1.807) is 4.68 Å². The minimum Gasteiger partial charge on any atom is -0.381 e. The molecule has 1 aliphatic rings. The van der Waals surface area contributed by atoms with Gasteiger partial charge in [0.1, 0.15) is 0 Å². The molecular formula is C14H12F3N5OS2. The van der Waals surface area contributed by atoms with E-state index in [9.17, 15) is 13.2 Å². The van der Waals surface area contributed by atoms with Gasteiger partial charge in [-0.05, 0) is 53.2 Å². The highest BCUT2D eigenvalue weighted by molar-refractivity contribution is 8.01. The zero-order valence-electron chi connectivity index (χ0n) is 12.7. The van der Waals surface area contributed by atoms with Crippen LogP contribution in [0.1, 0.15) is 24.4 Å². The maximum absolute atomic E-state index is 12.8. The van der Waals surface area contributed by atoms with Crippen molar-refractivity contribution < 1.29 is 17.9 Å². The predicted octanol–water partition coefficient (Wildman–Crippen LogP) is 3.80. The summed E-state index contributed by atoms with van der Waals surface area (Å²) in [4.78, 5) is 4.30. The first-order valence-corrected chi connectivity index (χ1v) is 9.15. The third-order valence-corrected chi connectivity index (χ3v) is 5.92. The molecule has 0 saturated carbocycles. The van der Waals surface area contributed by atoms with Gasteiger partial charge in [-0.3, -0.25) is 0 Å². The second-order valence-electron chi connectivity index (χ2n) is 5.51. The first-order valence-electron chi connectivity index (χ1n) is 7.52. The lowest BCUT2D eigenvalue weighted by Gasteiger charge is -2.22. The van der Waals surface area contributed by atoms with Crippen LogP contribution in [0, 0.1) is 0 Å². The van der Waals surface area contributed by atoms with Crippen LogP contribution in [0.25, 0.3) is 10.2 Å². The standard InChI is InChI=1S/C14H12F3N5OS2/c15-14(16,17)8-1-2-11-10(7-8)18-13(24-11)25-12-19-20-21-22(12)9-3-5-23-6-4-9/h1-2,7,9H,3-6H2. The Morgan fingerprint density at radius 3 is 2.80 bits per heavy atom. The van der Waals surface area contributed by atoms with E-state index in [2.05, 4.69) is 20.5 Å². The van der Waals surface area contributed by atoms with Gasteiger partial charge in [0.25, 0.3) is 0 Å². The van der Waals surface area contributed by atoms with E-state index in [4.69, 9.17) is 4.74 Å². The Hall–Kier alpha value is -1.72. The van der Waals surface area contributed by atoms with E-state index < -0.39 is 11.7 Å². The smallest absolute Gasteiger partial charge is 0.381 e. The summed E-state index contributed by atoms with van der Waals surface area (Å²) in [6, 6.07) is 3.75. The number of nitrogens with zero attached hydrogens (tertiary/aromatic N) is 5. The number of ether oxygens (including phenoxy) is 1. The lowest BCUT2D eigenvalue weighted by molar-refractivity contribution is -0.137. The summed E-state index contributed by atoms with van der Waals surface area (Å²) >= 11 is 2.59. The normalized spacial score (nSPS) is 16.6. The summed E-state index contributed by atoms with van der Waals surface area (Å²) in [7, 11) is 0. The molecule has 6 nitrogen and oxygen atoms in total. The summed E-state index contributed by atoms with van der Waals surface area (Å²) in [6.45, 7) is 1.33. The molecule has 1 saturated heterocycles. The van der Waals surface area contributed by atoms with E-state index in [0.717, 1.165) is 25.0 Å². The molecule has 0 atom stereocenters. The van der Waals surface area contributed by atoms with Gasteiger partial charge in [0.15, 0.2) is 4.34 Å². The van der Waals surface area contributed by atoms with Gasteiger partial charge in [-0.1, -0.05) is 0 Å². The van der Waals surface area contributed by atoms with Crippen molar-refractivity contribution in [2.45, 2.75) is 34.6 Å². The van der Waals surface area contributed by atoms with Gasteiger partial charge in [-0.2, -0.15) is 13.2 Å². The molecule has 25 heavy (non-hydrogen) atoms. The van der Waals surface area contributed by atoms with Crippen LogP contribution in [0.15, 0.2) is 27.7 Å². The Balaban J connectivity index is 1.60. The number of rotatable bonds is 3. The molecule has 4 rings (SSSR count). The zero-order chi connectivity index (χ0) is 17.4. The number of fused-ring (bicyclic) bond motifs is 1. The summed E-state index contributed by atoms with van der Waals surface area (Å²) in [6.07, 6.45) is -2.72. The van der Waals surface area contributed by atoms with Gasteiger partial charge in [-0.15, -0.1) is 16.4 Å². The van der Waals surface area contributed by atoms with Crippen molar-refractivity contribution >= 4 is 33.3 Å². The molecule has 11 heteroatoms. The highest BCUT2D eigenvalue weighted by atomic mass is 32.2. The molecule has 0 unspecified atom stereocenters. The van der Waals surface area contributed by atoms with Crippen molar-refractivity contribution in [2.24, 2.45) is 0 Å². The third-order valence-electron chi connectivity index (χ3n) is 3.87. The van der Waals surface area contributed by atoms with Crippen LogP contribution < -0.4 is 0 Å². The summed E-state index contributed by atoms with van der Waals surface area (Å²) in [5.41, 5.74) is -0.374. The number of thiazole rings is 1. The maximum atomic E-state index is 12.8. The van der Waals surface area contributed by atoms with Crippen LogP contribution in [-0.4, -0.2) is 38.4 Å². The number of hydrogen-bond donors (Lipinski definition) is 0. The molecule has 132 valence electrons. The Morgan fingerprint density at radius 2 is 2.04 bits per heavy atom. The molecule has 3 aromatic rings. The van der Waals surface area contributed by atoms with Gasteiger partial charge >= 0.3 is 6.18 Å². The van der Waals surface area contributed by atoms with E-state index >= 15 is 0 Å². The van der Waals surface area contributed by atoms with Crippen molar-refractivity contribution in [3.63, 3.8) is 0 Å². The average molecular weight is 387 g/mol. The third kappa shape index (κ3) is 3.48. The largest absolute Gasteiger partial charge is 0.416 e. The topological polar surface area (TPSA) is 65.7 Å². The highest BCUT2D eigenvalue weighted by Gasteiger charge is 2.31. The molecule has 1 aromatic carbocycles. The van der Waals surface area contributed by atoms with E-state index in [1.807, 2.05) is 0 Å². The van der Waals surface area contributed by atoms with Crippen LogP contribution in [0.4, 0.5) is 13.2 Å². The Morgan fingerprint density at radius 1 is 1.24 bits per heavy atom. The number of aromatic nitrogens is 5. The van der Waals surface area contributed by atoms with Gasteiger partial charge in [0.05, 0.1) is 21.8 Å². The lowest BCUT2D eigenvalue weighted by atomic mass is 10.1. The molecule has 0 amide bonds. The highest BCUT2D eigenvalue weighted by Crippen LogP contribution is 2.37. The second-order valence-corrected chi connectivity index (χ2v) is 7.76. The average Bonchev–Trinajstić information content (AvgIpc) is 3.20. The first-order chi connectivity index (χ1) is 12.0. The second kappa shape index (κ2) is 6.54. The number of halogens is 3. The molecule has 1 aliphatic heterocycles. The first kappa shape index (κ1) is 16.7. The van der Waals surface area contributed by atoms with Crippen LogP contribution in [0.2, 0.25) is 0 Å². The van der Waals surface area contributed by atoms with Crippen molar-refractivity contribution in [2.75, 3.05) is 13.2 Å². The molecule has 0 spiro atoms. The van der Waals surface area contributed by atoms with Gasteiger partial charge in [0, 0.05) is 13.2 Å². The van der Waals surface area contributed by atoms with Gasteiger partial charge in [-0.25, -0.2) is 9.67 Å². The zero-order valence-corrected chi connectivity index (χ0v) is 14.4. The van der Waals surface area contributed by atoms with Gasteiger partial charge < -0.3 is 4.74 Å². The van der Waals surface area contributed by atoms with Crippen molar-refractivity contribution in [3.8, 4) is 0 Å². The van der Waals surface area contributed by atoms with Crippen molar-refractivity contribution in [1.82, 2.24) is 25.2 Å². The molecule has 1 fully saturated rings. The molecule has 2 aromatic heterocycles. The van der Waals surface area contributed by atoms with E-state index in [1.165, 1.54) is 29.2 Å². The monoisotopic (exact) mass is 387 g/mol. The number of hydrogen-bond acceptors (Lipinski definition) is 7. The molecule has 0 aliphatic carbocycles. The number of tetrazole rings is 1. The van der Waals surface area contributed by atoms with Crippen LogP contribution in [0.5, 0.6) is 0 Å². The van der Waals surface area contributed by atoms with Crippen molar-refractivity contribution in [3.05, 3.63) is 23.8 Å². The summed E-state index contributed by atoms with van der Waals surface area (Å²) in [5, 5.41) is 12.4. The van der Waals surface area contributed by atoms with Crippen molar-refractivity contribution in [1.29, 1.82) is 0 Å². The molecule has 3 heterocycles. The SMILES string of the molecule is FC(F)(F)c1ccc2sc(Sc3nnnn3C3CCOCC3)nc2c1. The molecule has 0 radical (unpaired) electrons. The van der Waals surface area contributed by atoms with E-state index in [-0.39, 0.29) is 6.04 Å². The summed E-state index contributed by atoms with van der Waals surface area (Å²) < 4.78 is 46.8. The fourth-order valence-electron chi connectivity index (χ4n) is 2.62.